The maximum absolute atomic E-state index is 12.5. The van der Waals surface area contributed by atoms with Crippen molar-refractivity contribution in [1.82, 2.24) is 5.32 Å². The lowest BCUT2D eigenvalue weighted by molar-refractivity contribution is -0.131. The molecule has 3 nitrogen and oxygen atoms in total. The number of nitrogens with two attached hydrogens (primary N) is 1. The second-order valence-electron chi connectivity index (χ2n) is 7.38. The maximum atomic E-state index is 12.5. The fourth-order valence-electron chi connectivity index (χ4n) is 2.67. The van der Waals surface area contributed by atoms with Crippen molar-refractivity contribution in [3.05, 3.63) is 0 Å². The molecule has 112 valence electrons. The SMILES string of the molecule is CC(CNC(=O)C1(CN)CCCCCC1)C(C)(C)C. The van der Waals surface area contributed by atoms with E-state index in [2.05, 4.69) is 33.0 Å². The predicted octanol–water partition coefficient (Wildman–Crippen LogP) is 3.08. The van der Waals surface area contributed by atoms with Crippen LogP contribution < -0.4 is 11.1 Å². The molecule has 1 unspecified atom stereocenters. The first-order chi connectivity index (χ1) is 8.82. The Morgan fingerprint density at radius 3 is 2.16 bits per heavy atom. The predicted molar refractivity (Wildman–Crippen MR) is 80.8 cm³/mol. The number of amides is 1. The Labute approximate surface area is 118 Å². The van der Waals surface area contributed by atoms with Crippen molar-refractivity contribution in [3.63, 3.8) is 0 Å². The van der Waals surface area contributed by atoms with E-state index in [1.165, 1.54) is 12.8 Å². The number of rotatable bonds is 4. The van der Waals surface area contributed by atoms with Crippen LogP contribution in [-0.4, -0.2) is 19.0 Å². The van der Waals surface area contributed by atoms with Crippen LogP contribution in [0.1, 0.15) is 66.2 Å². The Morgan fingerprint density at radius 1 is 1.21 bits per heavy atom. The summed E-state index contributed by atoms with van der Waals surface area (Å²) in [7, 11) is 0. The molecule has 0 spiro atoms. The molecule has 1 saturated carbocycles. The van der Waals surface area contributed by atoms with Crippen LogP contribution in [0.25, 0.3) is 0 Å². The van der Waals surface area contributed by atoms with Gasteiger partial charge in [0.1, 0.15) is 0 Å². The lowest BCUT2D eigenvalue weighted by Gasteiger charge is -2.32. The van der Waals surface area contributed by atoms with Gasteiger partial charge >= 0.3 is 0 Å². The third-order valence-corrected chi connectivity index (χ3v) is 4.98. The van der Waals surface area contributed by atoms with Crippen LogP contribution in [0.15, 0.2) is 0 Å². The van der Waals surface area contributed by atoms with Crippen molar-refractivity contribution in [2.75, 3.05) is 13.1 Å². The fourth-order valence-corrected chi connectivity index (χ4v) is 2.67. The van der Waals surface area contributed by atoms with Crippen molar-refractivity contribution in [3.8, 4) is 0 Å². The van der Waals surface area contributed by atoms with Crippen molar-refractivity contribution in [2.45, 2.75) is 66.2 Å². The van der Waals surface area contributed by atoms with Gasteiger partial charge in [-0.3, -0.25) is 4.79 Å². The molecule has 0 radical (unpaired) electrons. The summed E-state index contributed by atoms with van der Waals surface area (Å²) in [4.78, 5) is 12.5. The zero-order valence-corrected chi connectivity index (χ0v) is 13.2. The summed E-state index contributed by atoms with van der Waals surface area (Å²) < 4.78 is 0. The van der Waals surface area contributed by atoms with Crippen LogP contribution in [0.5, 0.6) is 0 Å². The highest BCUT2D eigenvalue weighted by Gasteiger charge is 2.37. The first-order valence-electron chi connectivity index (χ1n) is 7.80. The molecule has 1 amide bonds. The number of carbonyl (C=O) groups is 1. The molecule has 19 heavy (non-hydrogen) atoms. The van der Waals surface area contributed by atoms with Crippen LogP contribution in [-0.2, 0) is 4.79 Å². The van der Waals surface area contributed by atoms with Crippen LogP contribution in [0, 0.1) is 16.7 Å². The quantitative estimate of drug-likeness (QED) is 0.770. The molecule has 1 atom stereocenters. The average molecular weight is 268 g/mol. The van der Waals surface area contributed by atoms with Gasteiger partial charge in [0, 0.05) is 13.1 Å². The molecule has 1 fully saturated rings. The van der Waals surface area contributed by atoms with Gasteiger partial charge in [-0.2, -0.15) is 0 Å². The molecular formula is C16H32N2O. The minimum absolute atomic E-state index is 0.188. The number of nitrogens with one attached hydrogen (secondary N) is 1. The zero-order chi connectivity index (χ0) is 14.5. The summed E-state index contributed by atoms with van der Waals surface area (Å²) in [6.07, 6.45) is 6.68. The normalized spacial score (nSPS) is 21.5. The fraction of sp³-hybridized carbons (Fsp3) is 0.938. The molecule has 1 aliphatic rings. The first kappa shape index (κ1) is 16.5. The molecule has 1 rings (SSSR count). The van der Waals surface area contributed by atoms with E-state index >= 15 is 0 Å². The zero-order valence-electron chi connectivity index (χ0n) is 13.2. The molecule has 0 bridgehead atoms. The Kier molecular flexibility index (Phi) is 5.84. The van der Waals surface area contributed by atoms with E-state index in [9.17, 15) is 4.79 Å². The van der Waals surface area contributed by atoms with Gasteiger partial charge in [-0.05, 0) is 24.2 Å². The second-order valence-corrected chi connectivity index (χ2v) is 7.38. The Hall–Kier alpha value is -0.570. The van der Waals surface area contributed by atoms with Gasteiger partial charge in [0.05, 0.1) is 5.41 Å². The van der Waals surface area contributed by atoms with Gasteiger partial charge < -0.3 is 11.1 Å². The van der Waals surface area contributed by atoms with E-state index in [1.54, 1.807) is 0 Å². The van der Waals surface area contributed by atoms with Crippen LogP contribution in [0.4, 0.5) is 0 Å². The number of hydrogen-bond acceptors (Lipinski definition) is 2. The number of carbonyl (C=O) groups excluding carboxylic acids is 1. The summed E-state index contributed by atoms with van der Waals surface area (Å²) in [5.41, 5.74) is 5.87. The second kappa shape index (κ2) is 6.74. The molecule has 0 aromatic rings. The average Bonchev–Trinajstić information content (AvgIpc) is 2.60. The summed E-state index contributed by atoms with van der Waals surface area (Å²) in [6.45, 7) is 10.1. The van der Waals surface area contributed by atoms with Gasteiger partial charge in [-0.15, -0.1) is 0 Å². The summed E-state index contributed by atoms with van der Waals surface area (Å²) >= 11 is 0. The smallest absolute Gasteiger partial charge is 0.227 e. The molecule has 0 aliphatic heterocycles. The molecule has 1 aliphatic carbocycles. The standard InChI is InChI=1S/C16H32N2O/c1-13(15(2,3)4)11-18-14(19)16(12-17)9-7-5-6-8-10-16/h13H,5-12,17H2,1-4H3,(H,18,19). The molecular weight excluding hydrogens is 236 g/mol. The lowest BCUT2D eigenvalue weighted by Crippen LogP contribution is -2.47. The van der Waals surface area contributed by atoms with E-state index in [4.69, 9.17) is 5.73 Å². The van der Waals surface area contributed by atoms with Crippen molar-refractivity contribution < 1.29 is 4.79 Å². The van der Waals surface area contributed by atoms with Gasteiger partial charge in [0.25, 0.3) is 0 Å². The van der Waals surface area contributed by atoms with Crippen LogP contribution >= 0.6 is 0 Å². The van der Waals surface area contributed by atoms with Crippen molar-refractivity contribution >= 4 is 5.91 Å². The minimum atomic E-state index is -0.298. The number of hydrogen-bond donors (Lipinski definition) is 2. The molecule has 3 N–H and O–H groups in total. The topological polar surface area (TPSA) is 55.1 Å². The molecule has 0 aromatic heterocycles. The molecule has 3 heteroatoms. The van der Waals surface area contributed by atoms with Gasteiger partial charge in [-0.25, -0.2) is 0 Å². The Morgan fingerprint density at radius 2 is 1.74 bits per heavy atom. The van der Waals surface area contributed by atoms with Gasteiger partial charge in [0.15, 0.2) is 0 Å². The third kappa shape index (κ3) is 4.48. The highest BCUT2D eigenvalue weighted by molar-refractivity contribution is 5.82. The minimum Gasteiger partial charge on any atom is -0.355 e. The highest BCUT2D eigenvalue weighted by Crippen LogP contribution is 2.34. The maximum Gasteiger partial charge on any atom is 0.227 e. The van der Waals surface area contributed by atoms with E-state index in [-0.39, 0.29) is 16.7 Å². The first-order valence-corrected chi connectivity index (χ1v) is 7.80. The summed E-state index contributed by atoms with van der Waals surface area (Å²) in [5.74, 6) is 0.657. The van der Waals surface area contributed by atoms with Crippen LogP contribution in [0.2, 0.25) is 0 Å². The molecule has 0 saturated heterocycles. The van der Waals surface area contributed by atoms with E-state index in [0.717, 1.165) is 32.2 Å². The third-order valence-electron chi connectivity index (χ3n) is 4.98. The van der Waals surface area contributed by atoms with Crippen molar-refractivity contribution in [2.24, 2.45) is 22.5 Å². The summed E-state index contributed by atoms with van der Waals surface area (Å²) in [5, 5.41) is 3.16. The van der Waals surface area contributed by atoms with Gasteiger partial charge in [-0.1, -0.05) is 53.4 Å². The van der Waals surface area contributed by atoms with E-state index in [0.29, 0.717) is 12.5 Å². The van der Waals surface area contributed by atoms with Crippen LogP contribution in [0.3, 0.4) is 0 Å². The monoisotopic (exact) mass is 268 g/mol. The van der Waals surface area contributed by atoms with Crippen molar-refractivity contribution in [1.29, 1.82) is 0 Å². The highest BCUT2D eigenvalue weighted by atomic mass is 16.2. The molecule has 0 heterocycles. The largest absolute Gasteiger partial charge is 0.355 e. The van der Waals surface area contributed by atoms with E-state index in [1.807, 2.05) is 0 Å². The molecule has 0 aromatic carbocycles. The lowest BCUT2D eigenvalue weighted by atomic mass is 9.78. The summed E-state index contributed by atoms with van der Waals surface area (Å²) in [6, 6.07) is 0. The Balaban J connectivity index is 2.59. The van der Waals surface area contributed by atoms with Gasteiger partial charge in [0.2, 0.25) is 5.91 Å². The Bertz CT molecular complexity index is 286. The van der Waals surface area contributed by atoms with E-state index < -0.39 is 0 Å².